The molecule has 0 aliphatic carbocycles. The van der Waals surface area contributed by atoms with Crippen LogP contribution in [-0.4, -0.2) is 22.6 Å². The molecule has 2 aromatic carbocycles. The number of carbonyl (C=O) groups is 1. The number of rotatable bonds is 7. The van der Waals surface area contributed by atoms with Gasteiger partial charge in [0.05, 0.1) is 11.6 Å². The Balaban J connectivity index is 1.56. The highest BCUT2D eigenvalue weighted by Gasteiger charge is 2.18. The van der Waals surface area contributed by atoms with Crippen LogP contribution in [0.15, 0.2) is 52.1 Å². The van der Waals surface area contributed by atoms with E-state index in [-0.39, 0.29) is 5.78 Å². The minimum Gasteiger partial charge on any atom is -0.494 e. The molecule has 148 valence electrons. The van der Waals surface area contributed by atoms with Gasteiger partial charge in [0.1, 0.15) is 10.6 Å². The second-order valence-corrected chi connectivity index (χ2v) is 8.57. The molecule has 8 heteroatoms. The molecule has 0 saturated carbocycles. The van der Waals surface area contributed by atoms with Gasteiger partial charge in [-0.3, -0.25) is 4.79 Å². The minimum atomic E-state index is 0.0128. The quantitative estimate of drug-likeness (QED) is 0.239. The Hall–Kier alpha value is -2.35. The molecule has 0 bridgehead atoms. The molecular weight excluding hydrogens is 428 g/mol. The molecule has 0 aliphatic rings. The maximum Gasteiger partial charge on any atom is 0.277 e. The number of thioether (sulfide) groups is 1. The zero-order valence-corrected chi connectivity index (χ0v) is 18.2. The number of carbonyl (C=O) groups excluding carboxylic acids is 1. The first-order valence-corrected chi connectivity index (χ1v) is 11.1. The van der Waals surface area contributed by atoms with Gasteiger partial charge in [0.2, 0.25) is 0 Å². The topological polar surface area (TPSA) is 65.2 Å². The van der Waals surface area contributed by atoms with E-state index in [9.17, 15) is 4.79 Å². The predicted molar refractivity (Wildman–Crippen MR) is 117 cm³/mol. The Morgan fingerprint density at radius 3 is 2.83 bits per heavy atom. The smallest absolute Gasteiger partial charge is 0.277 e. The molecule has 0 atom stereocenters. The zero-order valence-electron chi connectivity index (χ0n) is 15.8. The van der Waals surface area contributed by atoms with Crippen LogP contribution >= 0.6 is 34.7 Å². The third-order valence-electron chi connectivity index (χ3n) is 4.25. The first kappa shape index (κ1) is 19.9. The van der Waals surface area contributed by atoms with E-state index in [0.29, 0.717) is 34.1 Å². The van der Waals surface area contributed by atoms with Gasteiger partial charge >= 0.3 is 0 Å². The number of ketones is 1. The van der Waals surface area contributed by atoms with Crippen molar-refractivity contribution >= 4 is 50.6 Å². The maximum absolute atomic E-state index is 11.7. The maximum atomic E-state index is 11.7. The highest BCUT2D eigenvalue weighted by Crippen LogP contribution is 2.42. The number of thiophene rings is 1. The number of ether oxygens (including phenoxy) is 1. The molecular formula is C21H17ClN2O3S2. The van der Waals surface area contributed by atoms with Crippen molar-refractivity contribution in [3.63, 3.8) is 0 Å². The van der Waals surface area contributed by atoms with Crippen molar-refractivity contribution in [1.82, 2.24) is 10.2 Å². The minimum absolute atomic E-state index is 0.0128. The third-order valence-corrected chi connectivity index (χ3v) is 6.78. The zero-order chi connectivity index (χ0) is 20.4. The molecule has 4 aromatic rings. The van der Waals surface area contributed by atoms with Crippen molar-refractivity contribution in [2.24, 2.45) is 0 Å². The molecule has 0 aliphatic heterocycles. The highest BCUT2D eigenvalue weighted by atomic mass is 35.5. The van der Waals surface area contributed by atoms with E-state index in [4.69, 9.17) is 20.8 Å². The summed E-state index contributed by atoms with van der Waals surface area (Å²) in [4.78, 5) is 12.5. The SMILES string of the molecule is CCOc1ccc(C(C)=O)cc1CSc1nnc(-c2sc3ccccc3c2Cl)o1. The molecule has 0 amide bonds. The molecule has 4 rings (SSSR count). The van der Waals surface area contributed by atoms with Crippen LogP contribution in [0.25, 0.3) is 20.9 Å². The highest BCUT2D eigenvalue weighted by molar-refractivity contribution is 7.98. The van der Waals surface area contributed by atoms with Crippen LogP contribution in [0.5, 0.6) is 5.75 Å². The second kappa shape index (κ2) is 8.57. The lowest BCUT2D eigenvalue weighted by Gasteiger charge is -2.10. The molecule has 0 fully saturated rings. The number of Topliss-reactive ketones (excluding diaryl/α,β-unsaturated/α-hetero) is 1. The lowest BCUT2D eigenvalue weighted by Crippen LogP contribution is -1.99. The van der Waals surface area contributed by atoms with Crippen molar-refractivity contribution in [3.05, 3.63) is 58.6 Å². The van der Waals surface area contributed by atoms with Gasteiger partial charge in [-0.1, -0.05) is 41.6 Å². The third kappa shape index (κ3) is 4.17. The van der Waals surface area contributed by atoms with Gasteiger partial charge in [0.25, 0.3) is 11.1 Å². The molecule has 5 nitrogen and oxygen atoms in total. The fourth-order valence-corrected chi connectivity index (χ4v) is 5.03. The van der Waals surface area contributed by atoms with Gasteiger partial charge in [-0.15, -0.1) is 21.5 Å². The lowest BCUT2D eigenvalue weighted by atomic mass is 10.1. The predicted octanol–water partition coefficient (Wildman–Crippen LogP) is 6.50. The summed E-state index contributed by atoms with van der Waals surface area (Å²) in [6, 6.07) is 13.4. The summed E-state index contributed by atoms with van der Waals surface area (Å²) in [6.45, 7) is 4.02. The van der Waals surface area contributed by atoms with Gasteiger partial charge in [-0.05, 0) is 38.1 Å². The van der Waals surface area contributed by atoms with Crippen LogP contribution in [0.2, 0.25) is 5.02 Å². The molecule has 29 heavy (non-hydrogen) atoms. The Morgan fingerprint density at radius 2 is 2.07 bits per heavy atom. The normalized spacial score (nSPS) is 11.1. The molecule has 0 unspecified atom stereocenters. The van der Waals surface area contributed by atoms with E-state index in [0.717, 1.165) is 26.3 Å². The number of hydrogen-bond acceptors (Lipinski definition) is 7. The number of benzene rings is 2. The molecule has 0 radical (unpaired) electrons. The van der Waals surface area contributed by atoms with Crippen molar-refractivity contribution < 1.29 is 13.9 Å². The molecule has 0 spiro atoms. The standard InChI is InChI=1S/C21H17ClN2O3S2/c1-3-26-16-9-8-13(12(2)25)10-14(16)11-28-21-24-23-20(27-21)19-18(22)15-6-4-5-7-17(15)29-19/h4-10H,3,11H2,1-2H3. The average molecular weight is 445 g/mol. The van der Waals surface area contributed by atoms with Gasteiger partial charge in [0, 0.05) is 27.0 Å². The largest absolute Gasteiger partial charge is 0.494 e. The first-order chi connectivity index (χ1) is 14.1. The van der Waals surface area contributed by atoms with Crippen LogP contribution in [0.3, 0.4) is 0 Å². The van der Waals surface area contributed by atoms with Crippen molar-refractivity contribution in [2.75, 3.05) is 6.61 Å². The second-order valence-electron chi connectivity index (χ2n) is 6.21. The summed E-state index contributed by atoms with van der Waals surface area (Å²) in [6.07, 6.45) is 0. The molecule has 0 N–H and O–H groups in total. The van der Waals surface area contributed by atoms with Gasteiger partial charge in [-0.25, -0.2) is 0 Å². The monoisotopic (exact) mass is 444 g/mol. The van der Waals surface area contributed by atoms with Crippen LogP contribution in [0.4, 0.5) is 0 Å². The first-order valence-electron chi connectivity index (χ1n) is 8.97. The van der Waals surface area contributed by atoms with Crippen LogP contribution in [0.1, 0.15) is 29.8 Å². The fraction of sp³-hybridized carbons (Fsp3) is 0.190. The van der Waals surface area contributed by atoms with E-state index in [1.165, 1.54) is 23.1 Å². The molecule has 0 saturated heterocycles. The van der Waals surface area contributed by atoms with E-state index >= 15 is 0 Å². The number of nitrogens with zero attached hydrogens (tertiary/aromatic N) is 2. The van der Waals surface area contributed by atoms with Gasteiger partial charge in [0.15, 0.2) is 5.78 Å². The summed E-state index contributed by atoms with van der Waals surface area (Å²) in [5.41, 5.74) is 1.55. The molecule has 2 heterocycles. The van der Waals surface area contributed by atoms with Gasteiger partial charge in [-0.2, -0.15) is 0 Å². The van der Waals surface area contributed by atoms with E-state index in [1.807, 2.05) is 43.3 Å². The van der Waals surface area contributed by atoms with Crippen molar-refractivity contribution in [1.29, 1.82) is 0 Å². The van der Waals surface area contributed by atoms with Crippen molar-refractivity contribution in [2.45, 2.75) is 24.8 Å². The Labute approximate surface area is 181 Å². The number of hydrogen-bond donors (Lipinski definition) is 0. The van der Waals surface area contributed by atoms with Crippen LogP contribution in [0, 0.1) is 0 Å². The van der Waals surface area contributed by atoms with E-state index in [1.54, 1.807) is 13.0 Å². The molecule has 2 aromatic heterocycles. The number of halogens is 1. The van der Waals surface area contributed by atoms with Crippen LogP contribution < -0.4 is 4.74 Å². The van der Waals surface area contributed by atoms with E-state index in [2.05, 4.69) is 10.2 Å². The van der Waals surface area contributed by atoms with Gasteiger partial charge < -0.3 is 9.15 Å². The summed E-state index contributed by atoms with van der Waals surface area (Å²) in [7, 11) is 0. The van der Waals surface area contributed by atoms with Crippen LogP contribution in [-0.2, 0) is 5.75 Å². The Bertz CT molecular complexity index is 1190. The number of aromatic nitrogens is 2. The Kier molecular flexibility index (Phi) is 5.89. The summed E-state index contributed by atoms with van der Waals surface area (Å²) in [5.74, 6) is 1.70. The summed E-state index contributed by atoms with van der Waals surface area (Å²) >= 11 is 9.42. The van der Waals surface area contributed by atoms with Crippen molar-refractivity contribution in [3.8, 4) is 16.5 Å². The fourth-order valence-electron chi connectivity index (χ4n) is 2.86. The number of fused-ring (bicyclic) bond motifs is 1. The average Bonchev–Trinajstić information content (AvgIpc) is 3.32. The van der Waals surface area contributed by atoms with E-state index < -0.39 is 0 Å². The lowest BCUT2D eigenvalue weighted by molar-refractivity contribution is 0.101. The Morgan fingerprint density at radius 1 is 1.24 bits per heavy atom. The summed E-state index contributed by atoms with van der Waals surface area (Å²) < 4.78 is 12.6. The summed E-state index contributed by atoms with van der Waals surface area (Å²) in [5, 5.41) is 10.3.